The number of methoxy groups -OCH3 is 1. The van der Waals surface area contributed by atoms with Gasteiger partial charge in [0, 0.05) is 16.1 Å². The van der Waals surface area contributed by atoms with Crippen LogP contribution in [0, 0.1) is 13.8 Å². The minimum atomic E-state index is 0.00333. The van der Waals surface area contributed by atoms with Crippen molar-refractivity contribution in [2.45, 2.75) is 18.7 Å². The van der Waals surface area contributed by atoms with Gasteiger partial charge in [-0.25, -0.2) is 0 Å². The molecule has 0 fully saturated rings. The molecule has 1 aromatic carbocycles. The van der Waals surface area contributed by atoms with Gasteiger partial charge in [-0.15, -0.1) is 0 Å². The summed E-state index contributed by atoms with van der Waals surface area (Å²) in [5.74, 6) is 2.60. The number of benzene rings is 1. The van der Waals surface area contributed by atoms with Gasteiger partial charge >= 0.3 is 0 Å². The van der Waals surface area contributed by atoms with E-state index in [1.807, 2.05) is 38.1 Å². The topological polar surface area (TPSA) is 22.4 Å². The zero-order chi connectivity index (χ0) is 13.3. The number of rotatable bonds is 3. The number of hydrogen-bond acceptors (Lipinski definition) is 2. The zero-order valence-electron chi connectivity index (χ0n) is 10.5. The highest BCUT2D eigenvalue weighted by molar-refractivity contribution is 9.09. The van der Waals surface area contributed by atoms with Crippen molar-refractivity contribution in [3.8, 4) is 5.75 Å². The van der Waals surface area contributed by atoms with Crippen LogP contribution in [0.1, 0.15) is 27.5 Å². The maximum Gasteiger partial charge on any atom is 0.123 e. The third kappa shape index (κ3) is 2.57. The molecule has 1 atom stereocenters. The van der Waals surface area contributed by atoms with Crippen LogP contribution in [0.3, 0.4) is 0 Å². The van der Waals surface area contributed by atoms with E-state index in [4.69, 9.17) is 20.8 Å². The van der Waals surface area contributed by atoms with E-state index in [1.165, 1.54) is 0 Å². The molecule has 0 radical (unpaired) electrons. The van der Waals surface area contributed by atoms with Crippen LogP contribution in [0.5, 0.6) is 5.75 Å². The smallest absolute Gasteiger partial charge is 0.123 e. The second-order valence-electron chi connectivity index (χ2n) is 4.12. The fraction of sp³-hybridized carbons (Fsp3) is 0.286. The summed E-state index contributed by atoms with van der Waals surface area (Å²) < 4.78 is 10.9. The Balaban J connectivity index is 2.48. The number of furan rings is 1. The average Bonchev–Trinajstić information content (AvgIpc) is 2.67. The summed E-state index contributed by atoms with van der Waals surface area (Å²) in [5, 5.41) is 0.688. The van der Waals surface area contributed by atoms with Gasteiger partial charge in [0.2, 0.25) is 0 Å². The lowest BCUT2D eigenvalue weighted by Crippen LogP contribution is -1.97. The zero-order valence-corrected chi connectivity index (χ0v) is 12.8. The third-order valence-corrected chi connectivity index (χ3v) is 4.04. The largest absolute Gasteiger partial charge is 0.496 e. The molecule has 0 spiro atoms. The molecule has 0 saturated carbocycles. The molecule has 2 nitrogen and oxygen atoms in total. The molecule has 0 aliphatic rings. The van der Waals surface area contributed by atoms with Gasteiger partial charge in [0.05, 0.1) is 11.9 Å². The number of alkyl halides is 1. The molecule has 1 heterocycles. The molecule has 1 unspecified atom stereocenters. The van der Waals surface area contributed by atoms with Crippen molar-refractivity contribution in [2.75, 3.05) is 7.11 Å². The predicted molar refractivity (Wildman–Crippen MR) is 77.0 cm³/mol. The van der Waals surface area contributed by atoms with Crippen molar-refractivity contribution >= 4 is 27.5 Å². The van der Waals surface area contributed by atoms with Gasteiger partial charge in [-0.05, 0) is 38.1 Å². The average molecular weight is 330 g/mol. The van der Waals surface area contributed by atoms with E-state index >= 15 is 0 Å². The van der Waals surface area contributed by atoms with Crippen LogP contribution in [0.25, 0.3) is 0 Å². The van der Waals surface area contributed by atoms with Gasteiger partial charge < -0.3 is 9.15 Å². The summed E-state index contributed by atoms with van der Waals surface area (Å²) in [6.45, 7) is 3.89. The van der Waals surface area contributed by atoms with Crippen molar-refractivity contribution in [1.82, 2.24) is 0 Å². The molecule has 0 amide bonds. The minimum Gasteiger partial charge on any atom is -0.496 e. The predicted octanol–water partition coefficient (Wildman–Crippen LogP) is 5.04. The van der Waals surface area contributed by atoms with E-state index < -0.39 is 0 Å². The third-order valence-electron chi connectivity index (χ3n) is 2.82. The second kappa shape index (κ2) is 5.37. The van der Waals surface area contributed by atoms with E-state index in [0.717, 1.165) is 28.4 Å². The first-order valence-corrected chi connectivity index (χ1v) is 6.86. The minimum absolute atomic E-state index is 0.00333. The Kier molecular flexibility index (Phi) is 4.03. The fourth-order valence-corrected chi connectivity index (χ4v) is 2.97. The standard InChI is InChI=1S/C14H14BrClO2/c1-8-6-11(9(2)18-8)14(15)12-7-10(16)4-5-13(12)17-3/h4-7,14H,1-3H3. The van der Waals surface area contributed by atoms with Crippen molar-refractivity contribution in [3.05, 3.63) is 51.9 Å². The van der Waals surface area contributed by atoms with E-state index in [9.17, 15) is 0 Å². The number of halogens is 2. The Morgan fingerprint density at radius 3 is 2.50 bits per heavy atom. The lowest BCUT2D eigenvalue weighted by molar-refractivity contribution is 0.410. The van der Waals surface area contributed by atoms with Crippen molar-refractivity contribution in [3.63, 3.8) is 0 Å². The molecule has 4 heteroatoms. The fourth-order valence-electron chi connectivity index (χ4n) is 1.97. The maximum atomic E-state index is 6.05. The summed E-state index contributed by atoms with van der Waals surface area (Å²) in [4.78, 5) is 0.00333. The van der Waals surface area contributed by atoms with Crippen LogP contribution in [-0.2, 0) is 0 Å². The van der Waals surface area contributed by atoms with E-state index in [2.05, 4.69) is 15.9 Å². The highest BCUT2D eigenvalue weighted by atomic mass is 79.9. The van der Waals surface area contributed by atoms with Crippen LogP contribution < -0.4 is 4.74 Å². The Hall–Kier alpha value is -0.930. The van der Waals surface area contributed by atoms with Crippen LogP contribution in [0.2, 0.25) is 5.02 Å². The lowest BCUT2D eigenvalue weighted by atomic mass is 10.0. The quantitative estimate of drug-likeness (QED) is 0.736. The Morgan fingerprint density at radius 1 is 1.22 bits per heavy atom. The van der Waals surface area contributed by atoms with Gasteiger partial charge in [-0.1, -0.05) is 27.5 Å². The van der Waals surface area contributed by atoms with Gasteiger partial charge in [0.25, 0.3) is 0 Å². The van der Waals surface area contributed by atoms with Crippen LogP contribution >= 0.6 is 27.5 Å². The summed E-state index contributed by atoms with van der Waals surface area (Å²) in [7, 11) is 1.65. The highest BCUT2D eigenvalue weighted by Crippen LogP contribution is 2.40. The SMILES string of the molecule is COc1ccc(Cl)cc1C(Br)c1cc(C)oc1C. The molecule has 0 bridgehead atoms. The summed E-state index contributed by atoms with van der Waals surface area (Å²) in [6.07, 6.45) is 0. The molecule has 18 heavy (non-hydrogen) atoms. The molecule has 0 saturated heterocycles. The normalized spacial score (nSPS) is 12.5. The monoisotopic (exact) mass is 328 g/mol. The molecule has 1 aromatic heterocycles. The Bertz CT molecular complexity index is 563. The van der Waals surface area contributed by atoms with E-state index in [0.29, 0.717) is 5.02 Å². The molecule has 2 aromatic rings. The second-order valence-corrected chi connectivity index (χ2v) is 5.47. The first-order valence-electron chi connectivity index (χ1n) is 5.57. The summed E-state index contributed by atoms with van der Waals surface area (Å²) in [6, 6.07) is 7.61. The van der Waals surface area contributed by atoms with Crippen molar-refractivity contribution < 1.29 is 9.15 Å². The van der Waals surface area contributed by atoms with Crippen LogP contribution in [-0.4, -0.2) is 7.11 Å². The molecular formula is C14H14BrClO2. The van der Waals surface area contributed by atoms with Gasteiger partial charge in [0.1, 0.15) is 17.3 Å². The summed E-state index contributed by atoms with van der Waals surface area (Å²) >= 11 is 9.74. The van der Waals surface area contributed by atoms with Gasteiger partial charge in [-0.2, -0.15) is 0 Å². The summed E-state index contributed by atoms with van der Waals surface area (Å²) in [5.41, 5.74) is 2.09. The molecule has 2 rings (SSSR count). The first kappa shape index (κ1) is 13.5. The van der Waals surface area contributed by atoms with Crippen molar-refractivity contribution in [2.24, 2.45) is 0 Å². The molecular weight excluding hydrogens is 316 g/mol. The Morgan fingerprint density at radius 2 is 1.94 bits per heavy atom. The maximum absolute atomic E-state index is 6.05. The molecule has 0 N–H and O–H groups in total. The van der Waals surface area contributed by atoms with Gasteiger partial charge in [-0.3, -0.25) is 0 Å². The number of ether oxygens (including phenoxy) is 1. The van der Waals surface area contributed by atoms with Crippen LogP contribution in [0.15, 0.2) is 28.7 Å². The van der Waals surface area contributed by atoms with E-state index in [-0.39, 0.29) is 4.83 Å². The number of aryl methyl sites for hydroxylation is 2. The Labute approximate surface area is 120 Å². The van der Waals surface area contributed by atoms with Crippen molar-refractivity contribution in [1.29, 1.82) is 0 Å². The van der Waals surface area contributed by atoms with Crippen LogP contribution in [0.4, 0.5) is 0 Å². The first-order chi connectivity index (χ1) is 8.52. The van der Waals surface area contributed by atoms with Gasteiger partial charge in [0.15, 0.2) is 0 Å². The number of hydrogen-bond donors (Lipinski definition) is 0. The lowest BCUT2D eigenvalue weighted by Gasteiger charge is -2.14. The molecule has 0 aliphatic carbocycles. The molecule has 96 valence electrons. The molecule has 0 aliphatic heterocycles. The van der Waals surface area contributed by atoms with E-state index in [1.54, 1.807) is 7.11 Å². The highest BCUT2D eigenvalue weighted by Gasteiger charge is 2.20.